The number of allylic oxidation sites excluding steroid dienone is 2. The molecule has 0 radical (unpaired) electrons. The molecule has 0 spiro atoms. The predicted octanol–water partition coefficient (Wildman–Crippen LogP) is 0.890. The van der Waals surface area contributed by atoms with E-state index in [4.69, 9.17) is 14.2 Å². The Bertz CT molecular complexity index is 846. The van der Waals surface area contributed by atoms with Crippen LogP contribution in [-0.2, 0) is 20.9 Å². The fourth-order valence-electron chi connectivity index (χ4n) is 5.04. The lowest BCUT2D eigenvalue weighted by molar-refractivity contribution is -0.874. The smallest absolute Gasteiger partial charge is 0.233 e. The van der Waals surface area contributed by atoms with Crippen LogP contribution in [0, 0.1) is 11.8 Å². The van der Waals surface area contributed by atoms with Gasteiger partial charge in [-0.25, -0.2) is 0 Å². The number of nitrogens with zero attached hydrogens (tertiary/aromatic N) is 1. The average molecular weight is 399 g/mol. The molecule has 1 aromatic rings. The largest absolute Gasteiger partial charge is 0.454 e. The number of ether oxygens (including phenoxy) is 3. The maximum atomic E-state index is 13.3. The number of benzene rings is 1. The van der Waals surface area contributed by atoms with E-state index in [-0.39, 0.29) is 30.4 Å². The van der Waals surface area contributed by atoms with E-state index in [9.17, 15) is 9.59 Å². The highest BCUT2D eigenvalue weighted by Gasteiger charge is 2.46. The van der Waals surface area contributed by atoms with Crippen LogP contribution in [0.1, 0.15) is 31.2 Å². The van der Waals surface area contributed by atoms with Gasteiger partial charge < -0.3 is 19.1 Å². The van der Waals surface area contributed by atoms with Crippen molar-refractivity contribution in [1.82, 2.24) is 4.90 Å². The molecule has 3 heterocycles. The van der Waals surface area contributed by atoms with Gasteiger partial charge in [0.05, 0.1) is 25.7 Å². The highest BCUT2D eigenvalue weighted by atomic mass is 16.7. The minimum absolute atomic E-state index is 0.0295. The Morgan fingerprint density at radius 2 is 1.90 bits per heavy atom. The quantitative estimate of drug-likeness (QED) is 0.762. The molecule has 1 N–H and O–H groups in total. The summed E-state index contributed by atoms with van der Waals surface area (Å²) in [5.41, 5.74) is 2.21. The van der Waals surface area contributed by atoms with Gasteiger partial charge in [-0.1, -0.05) is 6.07 Å². The monoisotopic (exact) mass is 399 g/mol. The number of amides is 2. The van der Waals surface area contributed by atoms with Crippen molar-refractivity contribution < 1.29 is 28.7 Å². The molecule has 154 valence electrons. The molecule has 29 heavy (non-hydrogen) atoms. The SMILES string of the molecule is O=C1C[C@H]([C@H]2CCCC=C2[NH+]2CCOCC2)C(=O)N1Cc1ccc2c(c1)OCO2. The zero-order valence-electron chi connectivity index (χ0n) is 16.5. The molecule has 2 amide bonds. The van der Waals surface area contributed by atoms with Gasteiger partial charge in [-0.2, -0.15) is 0 Å². The van der Waals surface area contributed by atoms with Gasteiger partial charge in [0.15, 0.2) is 11.5 Å². The van der Waals surface area contributed by atoms with E-state index in [1.54, 1.807) is 0 Å². The van der Waals surface area contributed by atoms with Crippen molar-refractivity contribution in [3.63, 3.8) is 0 Å². The molecular formula is C22H27N2O5+. The van der Waals surface area contributed by atoms with Crippen LogP contribution >= 0.6 is 0 Å². The number of hydrogen-bond donors (Lipinski definition) is 1. The van der Waals surface area contributed by atoms with Crippen LogP contribution in [0.3, 0.4) is 0 Å². The summed E-state index contributed by atoms with van der Waals surface area (Å²) in [5, 5.41) is 0. The molecule has 0 saturated carbocycles. The van der Waals surface area contributed by atoms with E-state index in [2.05, 4.69) is 6.08 Å². The van der Waals surface area contributed by atoms with E-state index in [0.717, 1.165) is 51.1 Å². The Balaban J connectivity index is 1.33. The number of hydrogen-bond acceptors (Lipinski definition) is 5. The molecule has 0 unspecified atom stereocenters. The first-order chi connectivity index (χ1) is 14.2. The normalized spacial score (nSPS) is 27.4. The summed E-state index contributed by atoms with van der Waals surface area (Å²) in [7, 11) is 0. The number of likely N-dealkylation sites (tertiary alicyclic amines) is 1. The maximum Gasteiger partial charge on any atom is 0.233 e. The zero-order valence-corrected chi connectivity index (χ0v) is 16.5. The van der Waals surface area contributed by atoms with Crippen molar-refractivity contribution in [3.8, 4) is 11.5 Å². The van der Waals surface area contributed by atoms with Crippen LogP contribution in [0.2, 0.25) is 0 Å². The topological polar surface area (TPSA) is 69.5 Å². The number of carbonyl (C=O) groups is 2. The van der Waals surface area contributed by atoms with Crippen molar-refractivity contribution >= 4 is 11.8 Å². The summed E-state index contributed by atoms with van der Waals surface area (Å²) < 4.78 is 16.3. The summed E-state index contributed by atoms with van der Waals surface area (Å²) in [5.74, 6) is 1.20. The van der Waals surface area contributed by atoms with Crippen LogP contribution in [0.25, 0.3) is 0 Å². The van der Waals surface area contributed by atoms with Gasteiger partial charge in [0.1, 0.15) is 18.8 Å². The maximum absolute atomic E-state index is 13.3. The lowest BCUT2D eigenvalue weighted by Gasteiger charge is -2.34. The number of carbonyl (C=O) groups excluding carboxylic acids is 2. The van der Waals surface area contributed by atoms with Gasteiger partial charge >= 0.3 is 0 Å². The Hall–Kier alpha value is -2.38. The standard InChI is InChI=1S/C22H26N2O5/c25-21-12-17(16-3-1-2-4-18(16)23-7-9-27-10-8-23)22(26)24(21)13-15-5-6-19-20(11-15)29-14-28-19/h4-6,11,16-17H,1-3,7-10,12-14H2/p+1/t16-,17-/m1/s1. The molecule has 7 heteroatoms. The van der Waals surface area contributed by atoms with Crippen molar-refractivity contribution in [1.29, 1.82) is 0 Å². The molecule has 0 bridgehead atoms. The first kappa shape index (κ1) is 18.6. The number of nitrogens with one attached hydrogen (secondary N) is 1. The van der Waals surface area contributed by atoms with Gasteiger partial charge in [0.2, 0.25) is 18.6 Å². The molecule has 2 saturated heterocycles. The number of imide groups is 1. The molecule has 1 aromatic carbocycles. The first-order valence-corrected chi connectivity index (χ1v) is 10.6. The summed E-state index contributed by atoms with van der Waals surface area (Å²) in [6.07, 6.45) is 5.75. The average Bonchev–Trinajstić information content (AvgIpc) is 3.34. The Morgan fingerprint density at radius 3 is 2.76 bits per heavy atom. The van der Waals surface area contributed by atoms with E-state index in [1.807, 2.05) is 18.2 Å². The highest BCUT2D eigenvalue weighted by Crippen LogP contribution is 2.37. The Morgan fingerprint density at radius 1 is 1.07 bits per heavy atom. The molecule has 7 nitrogen and oxygen atoms in total. The Kier molecular flexibility index (Phi) is 5.01. The van der Waals surface area contributed by atoms with Crippen LogP contribution < -0.4 is 14.4 Å². The predicted molar refractivity (Wildman–Crippen MR) is 103 cm³/mol. The highest BCUT2D eigenvalue weighted by molar-refractivity contribution is 6.03. The number of fused-ring (bicyclic) bond motifs is 1. The van der Waals surface area contributed by atoms with Gasteiger partial charge in [-0.15, -0.1) is 0 Å². The molecule has 2 atom stereocenters. The second-order valence-electron chi connectivity index (χ2n) is 8.23. The molecule has 4 aliphatic rings. The lowest BCUT2D eigenvalue weighted by atomic mass is 9.80. The van der Waals surface area contributed by atoms with Gasteiger partial charge in [0.25, 0.3) is 0 Å². The fourth-order valence-corrected chi connectivity index (χ4v) is 5.04. The third kappa shape index (κ3) is 3.53. The molecule has 1 aliphatic carbocycles. The van der Waals surface area contributed by atoms with E-state index >= 15 is 0 Å². The molecule has 5 rings (SSSR count). The Labute approximate surface area is 170 Å². The molecular weight excluding hydrogens is 372 g/mol. The van der Waals surface area contributed by atoms with E-state index < -0.39 is 0 Å². The lowest BCUT2D eigenvalue weighted by Crippen LogP contribution is -3.13. The van der Waals surface area contributed by atoms with Crippen molar-refractivity contribution in [2.45, 2.75) is 32.2 Å². The summed E-state index contributed by atoms with van der Waals surface area (Å²) in [4.78, 5) is 28.9. The fraction of sp³-hybridized carbons (Fsp3) is 0.545. The van der Waals surface area contributed by atoms with E-state index in [1.165, 1.54) is 15.5 Å². The number of quaternary nitrogens is 1. The minimum Gasteiger partial charge on any atom is -0.454 e. The molecule has 2 fully saturated rings. The van der Waals surface area contributed by atoms with Crippen LogP contribution in [0.4, 0.5) is 0 Å². The second-order valence-corrected chi connectivity index (χ2v) is 8.23. The summed E-state index contributed by atoms with van der Waals surface area (Å²) in [6.45, 7) is 3.90. The van der Waals surface area contributed by atoms with Gasteiger partial charge in [0, 0.05) is 12.3 Å². The summed E-state index contributed by atoms with van der Waals surface area (Å²) in [6, 6.07) is 5.59. The number of rotatable bonds is 4. The van der Waals surface area contributed by atoms with Crippen molar-refractivity contribution in [3.05, 3.63) is 35.5 Å². The third-order valence-corrected chi connectivity index (χ3v) is 6.53. The third-order valence-electron chi connectivity index (χ3n) is 6.53. The van der Waals surface area contributed by atoms with Crippen LogP contribution in [0.5, 0.6) is 11.5 Å². The van der Waals surface area contributed by atoms with E-state index in [0.29, 0.717) is 24.5 Å². The van der Waals surface area contributed by atoms with Crippen molar-refractivity contribution in [2.24, 2.45) is 11.8 Å². The van der Waals surface area contributed by atoms with Crippen molar-refractivity contribution in [2.75, 3.05) is 33.1 Å². The van der Waals surface area contributed by atoms with Gasteiger partial charge in [-0.05, 0) is 43.0 Å². The van der Waals surface area contributed by atoms with Crippen LogP contribution in [0.15, 0.2) is 30.0 Å². The minimum atomic E-state index is -0.238. The second kappa shape index (κ2) is 7.80. The number of morpholine rings is 1. The molecule has 3 aliphatic heterocycles. The first-order valence-electron chi connectivity index (χ1n) is 10.6. The summed E-state index contributed by atoms with van der Waals surface area (Å²) >= 11 is 0. The zero-order chi connectivity index (χ0) is 19.8. The van der Waals surface area contributed by atoms with Gasteiger partial charge in [-0.3, -0.25) is 14.5 Å². The van der Waals surface area contributed by atoms with Crippen LogP contribution in [-0.4, -0.2) is 49.8 Å². The molecule has 0 aromatic heterocycles.